The standard InChI is InChI=1S/C10H12O2.C10H12O/c1-7(2)10(12)8-4-3-5-9(11)6-8;1-8(2)10(11)9-6-4-3-5-7-9/h3-7,11H,1-2H3;3-8H,1-2H3. The summed E-state index contributed by atoms with van der Waals surface area (Å²) in [6.07, 6.45) is 0. The Hall–Kier alpha value is -2.42. The monoisotopic (exact) mass is 312 g/mol. The number of ketones is 2. The highest BCUT2D eigenvalue weighted by Gasteiger charge is 2.10. The summed E-state index contributed by atoms with van der Waals surface area (Å²) in [6.45, 7) is 7.50. The summed E-state index contributed by atoms with van der Waals surface area (Å²) in [4.78, 5) is 22.7. The van der Waals surface area contributed by atoms with Crippen molar-refractivity contribution < 1.29 is 14.7 Å². The Kier molecular flexibility index (Phi) is 7.20. The molecule has 0 aromatic heterocycles. The van der Waals surface area contributed by atoms with Crippen LogP contribution in [0.25, 0.3) is 0 Å². The van der Waals surface area contributed by atoms with Crippen LogP contribution in [0, 0.1) is 11.8 Å². The average Bonchev–Trinajstić information content (AvgIpc) is 2.54. The molecule has 0 bridgehead atoms. The number of hydrogen-bond acceptors (Lipinski definition) is 3. The first-order valence-electron chi connectivity index (χ1n) is 7.75. The van der Waals surface area contributed by atoms with Gasteiger partial charge in [0.15, 0.2) is 11.6 Å². The molecule has 23 heavy (non-hydrogen) atoms. The Morgan fingerprint density at radius 2 is 1.22 bits per heavy atom. The first-order valence-corrected chi connectivity index (χ1v) is 7.75. The molecule has 122 valence electrons. The molecule has 0 aliphatic carbocycles. The maximum atomic E-state index is 11.4. The first kappa shape index (κ1) is 18.6. The van der Waals surface area contributed by atoms with Crippen LogP contribution in [-0.4, -0.2) is 16.7 Å². The molecule has 2 aromatic rings. The molecule has 2 aromatic carbocycles. The Labute approximate surface area is 138 Å². The van der Waals surface area contributed by atoms with Crippen LogP contribution in [0.3, 0.4) is 0 Å². The van der Waals surface area contributed by atoms with Gasteiger partial charge in [0.25, 0.3) is 0 Å². The molecule has 0 amide bonds. The van der Waals surface area contributed by atoms with Crippen LogP contribution >= 0.6 is 0 Å². The molecule has 0 saturated carbocycles. The summed E-state index contributed by atoms with van der Waals surface area (Å²) < 4.78 is 0. The van der Waals surface area contributed by atoms with Gasteiger partial charge < -0.3 is 5.11 Å². The van der Waals surface area contributed by atoms with E-state index in [2.05, 4.69) is 0 Å². The second-order valence-electron chi connectivity index (χ2n) is 5.95. The van der Waals surface area contributed by atoms with Gasteiger partial charge in [0.2, 0.25) is 0 Å². The minimum atomic E-state index is -0.0215. The van der Waals surface area contributed by atoms with E-state index in [4.69, 9.17) is 5.11 Å². The van der Waals surface area contributed by atoms with Crippen LogP contribution in [0.5, 0.6) is 5.75 Å². The zero-order valence-electron chi connectivity index (χ0n) is 14.1. The van der Waals surface area contributed by atoms with E-state index in [1.54, 1.807) is 18.2 Å². The molecule has 0 fully saturated rings. The number of phenolic OH excluding ortho intramolecular Hbond substituents is 1. The number of rotatable bonds is 4. The van der Waals surface area contributed by atoms with Crippen molar-refractivity contribution in [1.29, 1.82) is 0 Å². The molecule has 2 rings (SSSR count). The van der Waals surface area contributed by atoms with Crippen molar-refractivity contribution in [2.45, 2.75) is 27.7 Å². The summed E-state index contributed by atoms with van der Waals surface area (Å²) in [5, 5.41) is 9.09. The third-order valence-corrected chi connectivity index (χ3v) is 3.24. The predicted molar refractivity (Wildman–Crippen MR) is 92.9 cm³/mol. The lowest BCUT2D eigenvalue weighted by atomic mass is 10.0. The molecule has 0 heterocycles. The second-order valence-corrected chi connectivity index (χ2v) is 5.95. The molecule has 3 nitrogen and oxygen atoms in total. The van der Waals surface area contributed by atoms with E-state index >= 15 is 0 Å². The van der Waals surface area contributed by atoms with E-state index in [0.29, 0.717) is 5.56 Å². The normalized spacial score (nSPS) is 10.2. The van der Waals surface area contributed by atoms with Crippen molar-refractivity contribution in [3.05, 3.63) is 65.7 Å². The van der Waals surface area contributed by atoms with E-state index in [1.807, 2.05) is 58.0 Å². The number of carbonyl (C=O) groups is 2. The SMILES string of the molecule is CC(C)C(=O)c1cccc(O)c1.CC(C)C(=O)c1ccccc1. The van der Waals surface area contributed by atoms with Gasteiger partial charge in [-0.2, -0.15) is 0 Å². The largest absolute Gasteiger partial charge is 0.508 e. The van der Waals surface area contributed by atoms with Gasteiger partial charge in [-0.05, 0) is 12.1 Å². The second kappa shape index (κ2) is 8.89. The molecule has 0 aliphatic rings. The number of benzene rings is 2. The van der Waals surface area contributed by atoms with Gasteiger partial charge in [0.1, 0.15) is 5.75 Å². The fraction of sp³-hybridized carbons (Fsp3) is 0.300. The molecule has 0 aliphatic heterocycles. The Morgan fingerprint density at radius 1 is 0.739 bits per heavy atom. The van der Waals surface area contributed by atoms with Gasteiger partial charge in [-0.25, -0.2) is 0 Å². The molecular weight excluding hydrogens is 288 g/mol. The van der Waals surface area contributed by atoms with Gasteiger partial charge in [-0.1, -0.05) is 70.2 Å². The fourth-order valence-corrected chi connectivity index (χ4v) is 1.93. The minimum Gasteiger partial charge on any atom is -0.508 e. The maximum Gasteiger partial charge on any atom is 0.165 e. The average molecular weight is 312 g/mol. The van der Waals surface area contributed by atoms with Crippen LogP contribution < -0.4 is 0 Å². The third kappa shape index (κ3) is 6.07. The number of phenols is 1. The van der Waals surface area contributed by atoms with Gasteiger partial charge in [0.05, 0.1) is 0 Å². The van der Waals surface area contributed by atoms with Gasteiger partial charge in [0, 0.05) is 23.0 Å². The lowest BCUT2D eigenvalue weighted by molar-refractivity contribution is 0.0932. The highest BCUT2D eigenvalue weighted by molar-refractivity contribution is 5.98. The summed E-state index contributed by atoms with van der Waals surface area (Å²) in [7, 11) is 0. The molecule has 1 N–H and O–H groups in total. The van der Waals surface area contributed by atoms with Gasteiger partial charge in [-0.3, -0.25) is 9.59 Å². The topological polar surface area (TPSA) is 54.4 Å². The van der Waals surface area contributed by atoms with Crippen molar-refractivity contribution in [2.75, 3.05) is 0 Å². The van der Waals surface area contributed by atoms with Gasteiger partial charge in [-0.15, -0.1) is 0 Å². The van der Waals surface area contributed by atoms with Crippen LogP contribution in [0.4, 0.5) is 0 Å². The van der Waals surface area contributed by atoms with Gasteiger partial charge >= 0.3 is 0 Å². The highest BCUT2D eigenvalue weighted by atomic mass is 16.3. The highest BCUT2D eigenvalue weighted by Crippen LogP contribution is 2.14. The Morgan fingerprint density at radius 3 is 1.70 bits per heavy atom. The van der Waals surface area contributed by atoms with Crippen molar-refractivity contribution in [1.82, 2.24) is 0 Å². The number of aromatic hydroxyl groups is 1. The van der Waals surface area contributed by atoms with Crippen molar-refractivity contribution in [2.24, 2.45) is 11.8 Å². The first-order chi connectivity index (χ1) is 10.8. The van der Waals surface area contributed by atoms with Crippen LogP contribution in [0.2, 0.25) is 0 Å². The fourth-order valence-electron chi connectivity index (χ4n) is 1.93. The zero-order chi connectivity index (χ0) is 17.4. The molecular formula is C20H24O3. The minimum absolute atomic E-state index is 0.0215. The molecule has 0 atom stereocenters. The smallest absolute Gasteiger partial charge is 0.165 e. The van der Waals surface area contributed by atoms with E-state index in [9.17, 15) is 9.59 Å². The lowest BCUT2D eigenvalue weighted by Gasteiger charge is -2.03. The van der Waals surface area contributed by atoms with E-state index in [0.717, 1.165) is 5.56 Å². The Balaban J connectivity index is 0.000000231. The van der Waals surface area contributed by atoms with Crippen molar-refractivity contribution >= 4 is 11.6 Å². The summed E-state index contributed by atoms with van der Waals surface area (Å²) in [5.41, 5.74) is 1.38. The van der Waals surface area contributed by atoms with E-state index in [1.165, 1.54) is 6.07 Å². The van der Waals surface area contributed by atoms with Crippen LogP contribution in [0.1, 0.15) is 48.4 Å². The maximum absolute atomic E-state index is 11.4. The quantitative estimate of drug-likeness (QED) is 0.828. The molecule has 3 heteroatoms. The van der Waals surface area contributed by atoms with E-state index in [-0.39, 0.29) is 29.2 Å². The van der Waals surface area contributed by atoms with Crippen molar-refractivity contribution in [3.63, 3.8) is 0 Å². The van der Waals surface area contributed by atoms with Crippen molar-refractivity contribution in [3.8, 4) is 5.75 Å². The predicted octanol–water partition coefficient (Wildman–Crippen LogP) is 4.76. The summed E-state index contributed by atoms with van der Waals surface area (Å²) >= 11 is 0. The number of Topliss-reactive ketones (excluding diaryl/α,β-unsaturated/α-hetero) is 2. The van der Waals surface area contributed by atoms with E-state index < -0.39 is 0 Å². The molecule has 0 unspecified atom stereocenters. The van der Waals surface area contributed by atoms with Crippen LogP contribution in [-0.2, 0) is 0 Å². The molecule has 0 saturated heterocycles. The number of hydrogen-bond donors (Lipinski definition) is 1. The Bertz CT molecular complexity index is 643. The lowest BCUT2D eigenvalue weighted by Crippen LogP contribution is -2.06. The molecule has 0 spiro atoms. The van der Waals surface area contributed by atoms with Crippen LogP contribution in [0.15, 0.2) is 54.6 Å². The summed E-state index contributed by atoms with van der Waals surface area (Å²) in [5.74, 6) is 0.488. The zero-order valence-corrected chi connectivity index (χ0v) is 14.1. The number of carbonyl (C=O) groups excluding carboxylic acids is 2. The third-order valence-electron chi connectivity index (χ3n) is 3.24. The molecule has 0 radical (unpaired) electrons. The summed E-state index contributed by atoms with van der Waals surface area (Å²) in [6, 6.07) is 15.8.